The fourth-order valence-corrected chi connectivity index (χ4v) is 8.69. The summed E-state index contributed by atoms with van der Waals surface area (Å²) < 4.78 is 6.34. The van der Waals surface area contributed by atoms with Crippen molar-refractivity contribution in [2.24, 2.45) is 10.8 Å². The number of hydrogen-bond donors (Lipinski definition) is 3. The van der Waals surface area contributed by atoms with Gasteiger partial charge in [-0.05, 0) is 48.4 Å². The zero-order valence-electron chi connectivity index (χ0n) is 29.5. The van der Waals surface area contributed by atoms with Crippen LogP contribution >= 0.6 is 11.6 Å². The monoisotopic (exact) mass is 736 g/mol. The smallest absolute Gasteiger partial charge is 0.264 e. The molecule has 13 nitrogen and oxygen atoms in total. The van der Waals surface area contributed by atoms with Gasteiger partial charge in [0.2, 0.25) is 11.8 Å². The first kappa shape index (κ1) is 35.7. The average Bonchev–Trinajstić information content (AvgIpc) is 3.57. The van der Waals surface area contributed by atoms with Crippen molar-refractivity contribution in [1.29, 1.82) is 5.26 Å². The maximum atomic E-state index is 13.6. The average molecular weight is 737 g/mol. The Morgan fingerprint density at radius 3 is 2.43 bits per heavy atom. The minimum atomic E-state index is -1.07. The molecule has 1 unspecified atom stereocenters. The van der Waals surface area contributed by atoms with Crippen molar-refractivity contribution >= 4 is 52.7 Å². The summed E-state index contributed by atoms with van der Waals surface area (Å²) in [5, 5.41) is 18.0. The molecule has 3 heterocycles. The molecule has 1 atom stereocenters. The molecule has 0 bridgehead atoms. The molecule has 1 saturated carbocycles. The first-order chi connectivity index (χ1) is 25.1. The number of ether oxygens (including phenoxy) is 1. The van der Waals surface area contributed by atoms with Gasteiger partial charge >= 0.3 is 0 Å². The van der Waals surface area contributed by atoms with Crippen LogP contribution in [-0.4, -0.2) is 76.5 Å². The Labute approximate surface area is 310 Å². The predicted octanol–water partition coefficient (Wildman–Crippen LogP) is 4.29. The number of nitriles is 1. The molecule has 0 aromatic heterocycles. The van der Waals surface area contributed by atoms with Gasteiger partial charge in [-0.25, -0.2) is 0 Å². The van der Waals surface area contributed by atoms with Crippen molar-refractivity contribution in [3.63, 3.8) is 0 Å². The zero-order valence-corrected chi connectivity index (χ0v) is 30.3. The number of anilines is 1. The van der Waals surface area contributed by atoms with Crippen LogP contribution in [-0.2, 0) is 16.1 Å². The second kappa shape index (κ2) is 13.0. The van der Waals surface area contributed by atoms with Gasteiger partial charge in [0.25, 0.3) is 23.6 Å². The normalized spacial score (nSPS) is 22.4. The van der Waals surface area contributed by atoms with Crippen LogP contribution in [0.5, 0.6) is 5.75 Å². The van der Waals surface area contributed by atoms with E-state index in [0.717, 1.165) is 10.5 Å². The van der Waals surface area contributed by atoms with E-state index in [2.05, 4.69) is 16.0 Å². The topological polar surface area (TPSA) is 178 Å². The molecule has 2 fully saturated rings. The molecule has 53 heavy (non-hydrogen) atoms. The van der Waals surface area contributed by atoms with Crippen LogP contribution in [0.1, 0.15) is 93.1 Å². The Morgan fingerprint density at radius 1 is 0.981 bits per heavy atom. The minimum absolute atomic E-state index is 0.0262. The lowest BCUT2D eigenvalue weighted by Gasteiger charge is -2.63. The Balaban J connectivity index is 0.973. The van der Waals surface area contributed by atoms with Gasteiger partial charge in [0.1, 0.15) is 24.0 Å². The summed E-state index contributed by atoms with van der Waals surface area (Å²) in [4.78, 5) is 80.3. The first-order valence-corrected chi connectivity index (χ1v) is 17.7. The van der Waals surface area contributed by atoms with Crippen LogP contribution in [0, 0.1) is 22.2 Å². The van der Waals surface area contributed by atoms with E-state index in [1.165, 1.54) is 6.07 Å². The van der Waals surface area contributed by atoms with Gasteiger partial charge < -0.3 is 20.3 Å². The fraction of sp³-hybridized carbons (Fsp3) is 0.359. The maximum Gasteiger partial charge on any atom is 0.264 e. The van der Waals surface area contributed by atoms with Crippen LogP contribution in [0.15, 0.2) is 54.6 Å². The Bertz CT molecular complexity index is 2160. The summed E-state index contributed by atoms with van der Waals surface area (Å²) in [6, 6.07) is 15.6. The Hall–Kier alpha value is -5.74. The molecule has 4 aliphatic rings. The molecule has 272 valence electrons. The number of piperidine rings is 1. The number of carbonyl (C=O) groups excluding carboxylic acids is 6. The van der Waals surface area contributed by atoms with Gasteiger partial charge in [-0.3, -0.25) is 39.0 Å². The number of rotatable bonds is 9. The number of nitrogens with zero attached hydrogens (tertiary/aromatic N) is 3. The molecule has 3 aliphatic heterocycles. The number of imide groups is 2. The van der Waals surface area contributed by atoms with Crippen LogP contribution in [0.4, 0.5) is 5.69 Å². The third kappa shape index (κ3) is 5.96. The molecular formula is C39H37ClN6O7. The van der Waals surface area contributed by atoms with E-state index < -0.39 is 40.5 Å². The van der Waals surface area contributed by atoms with E-state index >= 15 is 0 Å². The summed E-state index contributed by atoms with van der Waals surface area (Å²) in [5.74, 6) is -2.35. The third-order valence-corrected chi connectivity index (χ3v) is 11.2. The molecule has 1 saturated heterocycles. The molecule has 14 heteroatoms. The number of amides is 6. The molecule has 3 aromatic rings. The van der Waals surface area contributed by atoms with E-state index in [4.69, 9.17) is 16.3 Å². The number of hydrogen-bond acceptors (Lipinski definition) is 9. The highest BCUT2D eigenvalue weighted by Gasteiger charge is 2.64. The quantitative estimate of drug-likeness (QED) is 0.271. The van der Waals surface area contributed by atoms with Crippen molar-refractivity contribution in [1.82, 2.24) is 20.4 Å². The van der Waals surface area contributed by atoms with Crippen molar-refractivity contribution in [3.05, 3.63) is 93.0 Å². The number of benzene rings is 3. The van der Waals surface area contributed by atoms with E-state index in [-0.39, 0.29) is 61.0 Å². The summed E-state index contributed by atoms with van der Waals surface area (Å²) in [6.07, 6.45) is -0.186. The molecule has 6 amide bonds. The Morgan fingerprint density at radius 2 is 1.74 bits per heavy atom. The van der Waals surface area contributed by atoms with Crippen molar-refractivity contribution in [2.45, 2.75) is 65.3 Å². The van der Waals surface area contributed by atoms with Gasteiger partial charge in [0, 0.05) is 65.8 Å². The second-order valence-electron chi connectivity index (χ2n) is 15.0. The second-order valence-corrected chi connectivity index (χ2v) is 15.4. The molecule has 1 aliphatic carbocycles. The molecular weight excluding hydrogens is 700 g/mol. The summed E-state index contributed by atoms with van der Waals surface area (Å²) in [6.45, 7) is 8.94. The standard InChI is InChI=1S/C39H37ClN6O7/c1-38(2)36(39(3,4)37(38)53-23-11-10-21(18-41)26(40)17-23)44-31(48)20-8-9-22-19-45(33(50)25(22)16-20)15-14-42-27-7-5-6-24-30(27)35(52)46(34(24)51)28-12-13-29(47)43-32(28)49/h5-11,16-17,28,36-37,42H,12-15,19H2,1-4H3,(H,44,48)(H,43,47,49). The van der Waals surface area contributed by atoms with Crippen LogP contribution in [0.25, 0.3) is 0 Å². The molecule has 3 aromatic carbocycles. The Kier molecular flexibility index (Phi) is 8.77. The fourth-order valence-electron chi connectivity index (χ4n) is 8.48. The van der Waals surface area contributed by atoms with Gasteiger partial charge in [-0.2, -0.15) is 5.26 Å². The van der Waals surface area contributed by atoms with E-state index in [1.807, 2.05) is 33.8 Å². The van der Waals surface area contributed by atoms with Gasteiger partial charge in [0.15, 0.2) is 0 Å². The third-order valence-electron chi connectivity index (χ3n) is 10.8. The van der Waals surface area contributed by atoms with Gasteiger partial charge in [0.05, 0.1) is 21.7 Å². The largest absolute Gasteiger partial charge is 0.489 e. The van der Waals surface area contributed by atoms with Crippen LogP contribution in [0.2, 0.25) is 5.02 Å². The summed E-state index contributed by atoms with van der Waals surface area (Å²) in [7, 11) is 0. The first-order valence-electron chi connectivity index (χ1n) is 17.3. The summed E-state index contributed by atoms with van der Waals surface area (Å²) in [5.41, 5.74) is 1.71. The number of halogens is 1. The highest BCUT2D eigenvalue weighted by atomic mass is 35.5. The number of nitrogens with one attached hydrogen (secondary N) is 3. The van der Waals surface area contributed by atoms with E-state index in [0.29, 0.717) is 39.7 Å². The SMILES string of the molecule is CC1(C)C(NC(=O)c2ccc3c(c2)C(=O)N(CCNc2cccc4c2C(=O)N(C2CCC(=O)NC2=O)C4=O)C3)C(C)(C)C1Oc1ccc(C#N)c(Cl)c1. The van der Waals surface area contributed by atoms with E-state index in [9.17, 15) is 34.0 Å². The van der Waals surface area contributed by atoms with Crippen LogP contribution in [0.3, 0.4) is 0 Å². The minimum Gasteiger partial charge on any atom is -0.489 e. The lowest BCUT2D eigenvalue weighted by atomic mass is 9.49. The maximum absolute atomic E-state index is 13.6. The highest BCUT2D eigenvalue weighted by molar-refractivity contribution is 6.31. The molecule has 7 rings (SSSR count). The predicted molar refractivity (Wildman–Crippen MR) is 192 cm³/mol. The number of fused-ring (bicyclic) bond motifs is 2. The van der Waals surface area contributed by atoms with Gasteiger partial charge in [-0.15, -0.1) is 0 Å². The lowest BCUT2D eigenvalue weighted by Crippen LogP contribution is -2.74. The van der Waals surface area contributed by atoms with E-state index in [1.54, 1.807) is 53.4 Å². The number of carbonyl (C=O) groups is 6. The van der Waals surface area contributed by atoms with Crippen molar-refractivity contribution < 1.29 is 33.5 Å². The van der Waals surface area contributed by atoms with Crippen LogP contribution < -0.4 is 20.7 Å². The van der Waals surface area contributed by atoms with Gasteiger partial charge in [-0.1, -0.05) is 51.4 Å². The highest BCUT2D eigenvalue weighted by Crippen LogP contribution is 2.55. The molecule has 3 N–H and O–H groups in total. The lowest BCUT2D eigenvalue weighted by molar-refractivity contribution is -0.164. The van der Waals surface area contributed by atoms with Crippen molar-refractivity contribution in [3.8, 4) is 11.8 Å². The van der Waals surface area contributed by atoms with Crippen molar-refractivity contribution in [2.75, 3.05) is 18.4 Å². The summed E-state index contributed by atoms with van der Waals surface area (Å²) >= 11 is 6.22. The molecule has 0 spiro atoms. The molecule has 0 radical (unpaired) electrons. The zero-order chi connectivity index (χ0) is 38.0.